The van der Waals surface area contributed by atoms with Crippen molar-refractivity contribution in [3.63, 3.8) is 0 Å². The third-order valence-electron chi connectivity index (χ3n) is 6.51. The minimum absolute atomic E-state index is 0. The fraction of sp³-hybridized carbons (Fsp3) is 0.741. The van der Waals surface area contributed by atoms with E-state index in [1.807, 2.05) is 12.3 Å². The molecular formula is C27H47ClN4O2. The normalized spacial score (nSPS) is 15.6. The molecule has 0 bridgehead atoms. The number of carbonyl (C=O) groups excluding carboxylic acids is 2. The highest BCUT2D eigenvalue weighted by atomic mass is 35.5. The molecule has 0 radical (unpaired) electrons. The molecule has 1 aromatic heterocycles. The molecular weight excluding hydrogens is 448 g/mol. The van der Waals surface area contributed by atoms with Gasteiger partial charge in [-0.05, 0) is 43.9 Å². The zero-order valence-electron chi connectivity index (χ0n) is 21.2. The summed E-state index contributed by atoms with van der Waals surface area (Å²) in [6.07, 6.45) is 19.8. The maximum atomic E-state index is 12.6. The van der Waals surface area contributed by atoms with Crippen molar-refractivity contribution >= 4 is 24.2 Å². The molecule has 1 aromatic rings. The van der Waals surface area contributed by atoms with Gasteiger partial charge in [0.05, 0.1) is 6.04 Å². The largest absolute Gasteiger partial charge is 0.356 e. The highest BCUT2D eigenvalue weighted by molar-refractivity contribution is 5.85. The average Bonchev–Trinajstić information content (AvgIpc) is 3.29. The Labute approximate surface area is 213 Å². The number of nitrogens with zero attached hydrogens (tertiary/aromatic N) is 2. The van der Waals surface area contributed by atoms with Gasteiger partial charge in [-0.25, -0.2) is 0 Å². The quantitative estimate of drug-likeness (QED) is 0.268. The molecule has 7 heteroatoms. The van der Waals surface area contributed by atoms with Gasteiger partial charge in [0.1, 0.15) is 0 Å². The van der Waals surface area contributed by atoms with Crippen LogP contribution in [0.1, 0.15) is 102 Å². The van der Waals surface area contributed by atoms with Crippen LogP contribution in [0.15, 0.2) is 24.5 Å². The number of halogens is 1. The summed E-state index contributed by atoms with van der Waals surface area (Å²) in [4.78, 5) is 31.0. The molecule has 2 amide bonds. The van der Waals surface area contributed by atoms with Gasteiger partial charge in [-0.15, -0.1) is 12.4 Å². The second-order valence-electron chi connectivity index (χ2n) is 9.42. The van der Waals surface area contributed by atoms with E-state index in [2.05, 4.69) is 33.5 Å². The van der Waals surface area contributed by atoms with Gasteiger partial charge in [0.2, 0.25) is 11.8 Å². The standard InChI is InChI=1S/C27H46N4O2.ClH/c1-2-3-4-5-6-7-8-9-10-11-19-29-26(32)17-13-20-30-27(33)25-16-14-21-31(25)23-24-15-12-18-28-22-24;/h12,15,18,22,25H,2-11,13-14,16-17,19-21,23H2,1H3,(H,29,32)(H,30,33);1H/t25-;/m0./s1. The van der Waals surface area contributed by atoms with Crippen molar-refractivity contribution in [2.75, 3.05) is 19.6 Å². The molecule has 0 aromatic carbocycles. The predicted molar refractivity (Wildman–Crippen MR) is 142 cm³/mol. The Kier molecular flexibility index (Phi) is 17.5. The first-order valence-corrected chi connectivity index (χ1v) is 13.4. The molecule has 2 heterocycles. The number of nitrogens with one attached hydrogen (secondary N) is 2. The lowest BCUT2D eigenvalue weighted by Crippen LogP contribution is -2.43. The van der Waals surface area contributed by atoms with Crippen molar-refractivity contribution in [2.45, 2.75) is 109 Å². The number of hydrogen-bond acceptors (Lipinski definition) is 4. The molecule has 6 nitrogen and oxygen atoms in total. The Morgan fingerprint density at radius 1 is 0.971 bits per heavy atom. The summed E-state index contributed by atoms with van der Waals surface area (Å²) in [7, 11) is 0. The van der Waals surface area contributed by atoms with Crippen LogP contribution in [0.4, 0.5) is 0 Å². The molecule has 1 saturated heterocycles. The van der Waals surface area contributed by atoms with Crippen LogP contribution in [0.25, 0.3) is 0 Å². The summed E-state index contributed by atoms with van der Waals surface area (Å²) in [5.41, 5.74) is 1.14. The van der Waals surface area contributed by atoms with Gasteiger partial charge in [0.15, 0.2) is 0 Å². The summed E-state index contributed by atoms with van der Waals surface area (Å²) >= 11 is 0. The fourth-order valence-electron chi connectivity index (χ4n) is 4.55. The number of likely N-dealkylation sites (tertiary alicyclic amines) is 1. The van der Waals surface area contributed by atoms with Crippen LogP contribution in [0.5, 0.6) is 0 Å². The van der Waals surface area contributed by atoms with E-state index < -0.39 is 0 Å². The van der Waals surface area contributed by atoms with E-state index in [-0.39, 0.29) is 30.3 Å². The number of carbonyl (C=O) groups is 2. The van der Waals surface area contributed by atoms with Crippen molar-refractivity contribution in [3.8, 4) is 0 Å². The minimum atomic E-state index is -0.0737. The molecule has 2 rings (SSSR count). The van der Waals surface area contributed by atoms with Crippen molar-refractivity contribution in [3.05, 3.63) is 30.1 Å². The lowest BCUT2D eigenvalue weighted by molar-refractivity contribution is -0.126. The molecule has 0 spiro atoms. The van der Waals surface area contributed by atoms with Crippen LogP contribution in [0, 0.1) is 0 Å². The summed E-state index contributed by atoms with van der Waals surface area (Å²) in [5, 5.41) is 6.05. The van der Waals surface area contributed by atoms with Crippen molar-refractivity contribution in [1.29, 1.82) is 0 Å². The SMILES string of the molecule is CCCCCCCCCCCCNC(=O)CCCNC(=O)[C@@H]1CCCN1Cc1cccnc1.Cl. The van der Waals surface area contributed by atoms with Crippen LogP contribution in [-0.4, -0.2) is 47.4 Å². The van der Waals surface area contributed by atoms with E-state index in [0.29, 0.717) is 19.4 Å². The molecule has 0 aliphatic carbocycles. The van der Waals surface area contributed by atoms with E-state index in [9.17, 15) is 9.59 Å². The van der Waals surface area contributed by atoms with Gasteiger partial charge in [0.25, 0.3) is 0 Å². The monoisotopic (exact) mass is 494 g/mol. The van der Waals surface area contributed by atoms with E-state index in [0.717, 1.165) is 44.5 Å². The Balaban J connectivity index is 0.00000578. The molecule has 1 fully saturated rings. The van der Waals surface area contributed by atoms with Gasteiger partial charge in [-0.2, -0.15) is 0 Å². The van der Waals surface area contributed by atoms with Gasteiger partial charge >= 0.3 is 0 Å². The molecule has 0 saturated carbocycles. The summed E-state index contributed by atoms with van der Waals surface area (Å²) < 4.78 is 0. The smallest absolute Gasteiger partial charge is 0.237 e. The second-order valence-corrected chi connectivity index (χ2v) is 9.42. The lowest BCUT2D eigenvalue weighted by atomic mass is 10.1. The molecule has 1 atom stereocenters. The third-order valence-corrected chi connectivity index (χ3v) is 6.51. The molecule has 0 unspecified atom stereocenters. The zero-order valence-corrected chi connectivity index (χ0v) is 22.1. The van der Waals surface area contributed by atoms with Gasteiger partial charge < -0.3 is 10.6 Å². The first-order valence-electron chi connectivity index (χ1n) is 13.4. The molecule has 194 valence electrons. The number of hydrogen-bond donors (Lipinski definition) is 2. The first-order chi connectivity index (χ1) is 16.2. The minimum Gasteiger partial charge on any atom is -0.356 e. The van der Waals surface area contributed by atoms with Crippen LogP contribution in [0.2, 0.25) is 0 Å². The highest BCUT2D eigenvalue weighted by Crippen LogP contribution is 2.20. The zero-order chi connectivity index (χ0) is 23.6. The maximum absolute atomic E-state index is 12.6. The fourth-order valence-corrected chi connectivity index (χ4v) is 4.55. The molecule has 2 N–H and O–H groups in total. The number of aromatic nitrogens is 1. The van der Waals surface area contributed by atoms with Gasteiger partial charge in [0, 0.05) is 38.4 Å². The van der Waals surface area contributed by atoms with Crippen LogP contribution >= 0.6 is 12.4 Å². The van der Waals surface area contributed by atoms with E-state index in [4.69, 9.17) is 0 Å². The van der Waals surface area contributed by atoms with E-state index >= 15 is 0 Å². The van der Waals surface area contributed by atoms with E-state index in [1.165, 1.54) is 57.8 Å². The predicted octanol–water partition coefficient (Wildman–Crippen LogP) is 5.40. The Bertz CT molecular complexity index is 659. The number of unbranched alkanes of at least 4 members (excludes halogenated alkanes) is 9. The first kappa shape index (κ1) is 30.4. The average molecular weight is 495 g/mol. The van der Waals surface area contributed by atoms with Crippen LogP contribution in [-0.2, 0) is 16.1 Å². The molecule has 1 aliphatic heterocycles. The topological polar surface area (TPSA) is 74.3 Å². The summed E-state index contributed by atoms with van der Waals surface area (Å²) in [6, 6.07) is 3.91. The van der Waals surface area contributed by atoms with Gasteiger partial charge in [-0.3, -0.25) is 19.5 Å². The maximum Gasteiger partial charge on any atom is 0.237 e. The Hall–Kier alpha value is -1.66. The summed E-state index contributed by atoms with van der Waals surface area (Å²) in [6.45, 7) is 5.28. The third kappa shape index (κ3) is 13.3. The van der Waals surface area contributed by atoms with Crippen LogP contribution in [0.3, 0.4) is 0 Å². The lowest BCUT2D eigenvalue weighted by Gasteiger charge is -2.23. The molecule has 34 heavy (non-hydrogen) atoms. The Morgan fingerprint density at radius 3 is 2.32 bits per heavy atom. The number of rotatable bonds is 18. The Morgan fingerprint density at radius 2 is 1.65 bits per heavy atom. The van der Waals surface area contributed by atoms with Crippen LogP contribution < -0.4 is 10.6 Å². The number of amides is 2. The van der Waals surface area contributed by atoms with Crippen molar-refractivity contribution in [2.24, 2.45) is 0 Å². The van der Waals surface area contributed by atoms with Gasteiger partial charge in [-0.1, -0.05) is 70.8 Å². The summed E-state index contributed by atoms with van der Waals surface area (Å²) in [5.74, 6) is 0.182. The second kappa shape index (κ2) is 19.6. The van der Waals surface area contributed by atoms with E-state index in [1.54, 1.807) is 6.20 Å². The van der Waals surface area contributed by atoms with Crippen molar-refractivity contribution < 1.29 is 9.59 Å². The molecule has 1 aliphatic rings. The number of pyridine rings is 1. The van der Waals surface area contributed by atoms with Crippen molar-refractivity contribution in [1.82, 2.24) is 20.5 Å². The highest BCUT2D eigenvalue weighted by Gasteiger charge is 2.30.